The summed E-state index contributed by atoms with van der Waals surface area (Å²) >= 11 is 0. The topological polar surface area (TPSA) is 80.1 Å². The zero-order chi connectivity index (χ0) is 25.4. The lowest BCUT2D eigenvalue weighted by Crippen LogP contribution is -2.33. The van der Waals surface area contributed by atoms with Crippen molar-refractivity contribution in [2.75, 3.05) is 25.0 Å². The van der Waals surface area contributed by atoms with Crippen molar-refractivity contribution in [3.8, 4) is 16.9 Å². The van der Waals surface area contributed by atoms with E-state index in [0.717, 1.165) is 29.5 Å². The minimum atomic E-state index is -0.943. The number of nitrogens with zero attached hydrogens (tertiary/aromatic N) is 4. The van der Waals surface area contributed by atoms with Crippen molar-refractivity contribution < 1.29 is 18.0 Å². The van der Waals surface area contributed by atoms with Crippen LogP contribution in [-0.2, 0) is 4.79 Å². The number of fused-ring (bicyclic) bond motifs is 1. The second kappa shape index (κ2) is 9.44. The first-order valence-electron chi connectivity index (χ1n) is 11.5. The molecule has 0 radical (unpaired) electrons. The fraction of sp³-hybridized carbons (Fsp3) is 0.231. The average molecular weight is 493 g/mol. The Labute approximate surface area is 204 Å². The van der Waals surface area contributed by atoms with Crippen LogP contribution in [-0.4, -0.2) is 45.0 Å². The summed E-state index contributed by atoms with van der Waals surface area (Å²) in [6, 6.07) is 10.1. The summed E-state index contributed by atoms with van der Waals surface area (Å²) in [6.45, 7) is 2.94. The van der Waals surface area contributed by atoms with Crippen molar-refractivity contribution in [1.82, 2.24) is 19.4 Å². The van der Waals surface area contributed by atoms with Crippen LogP contribution in [0.15, 0.2) is 53.3 Å². The lowest BCUT2D eigenvalue weighted by molar-refractivity contribution is -0.128. The van der Waals surface area contributed by atoms with Gasteiger partial charge in [-0.1, -0.05) is 6.07 Å². The first-order valence-corrected chi connectivity index (χ1v) is 11.5. The van der Waals surface area contributed by atoms with Crippen LogP contribution in [0.2, 0.25) is 0 Å². The van der Waals surface area contributed by atoms with E-state index >= 15 is 0 Å². The molecule has 0 atom stereocenters. The fourth-order valence-corrected chi connectivity index (χ4v) is 4.44. The van der Waals surface area contributed by atoms with Crippen molar-refractivity contribution in [1.29, 1.82) is 0 Å². The fourth-order valence-electron chi connectivity index (χ4n) is 4.44. The summed E-state index contributed by atoms with van der Waals surface area (Å²) in [5.74, 6) is -2.47. The van der Waals surface area contributed by atoms with Crippen LogP contribution in [0.3, 0.4) is 0 Å². The summed E-state index contributed by atoms with van der Waals surface area (Å²) in [7, 11) is 0. The molecule has 0 aliphatic carbocycles. The Balaban J connectivity index is 1.72. The van der Waals surface area contributed by atoms with Crippen LogP contribution in [0.4, 0.5) is 19.1 Å². The van der Waals surface area contributed by atoms with E-state index in [4.69, 9.17) is 0 Å². The molecule has 2 aromatic heterocycles. The molecule has 1 N–H and O–H groups in total. The number of hydrogen-bond acceptors (Lipinski definition) is 5. The number of benzene rings is 2. The number of likely N-dealkylation sites (tertiary alicyclic amines) is 1. The second-order valence-corrected chi connectivity index (χ2v) is 8.61. The molecule has 5 rings (SSSR count). The molecule has 10 heteroatoms. The third-order valence-electron chi connectivity index (χ3n) is 6.21. The lowest BCUT2D eigenvalue weighted by Gasteiger charge is -2.17. The quantitative estimate of drug-likeness (QED) is 0.451. The first-order chi connectivity index (χ1) is 17.3. The monoisotopic (exact) mass is 493 g/mol. The molecule has 0 bridgehead atoms. The molecule has 1 fully saturated rings. The van der Waals surface area contributed by atoms with Gasteiger partial charge in [0.15, 0.2) is 5.65 Å². The van der Waals surface area contributed by atoms with Crippen molar-refractivity contribution in [2.45, 2.75) is 19.8 Å². The van der Waals surface area contributed by atoms with E-state index in [1.165, 1.54) is 36.4 Å². The normalized spacial score (nSPS) is 13.4. The van der Waals surface area contributed by atoms with Gasteiger partial charge in [-0.15, -0.1) is 0 Å². The number of amides is 1. The van der Waals surface area contributed by atoms with Crippen LogP contribution in [0, 0.1) is 24.4 Å². The van der Waals surface area contributed by atoms with Gasteiger partial charge in [0.05, 0.1) is 12.2 Å². The summed E-state index contributed by atoms with van der Waals surface area (Å²) in [6.07, 6.45) is 1.87. The van der Waals surface area contributed by atoms with Gasteiger partial charge < -0.3 is 10.2 Å². The number of para-hydroxylation sites is 1. The standard InChI is InChI=1S/C26H22F3N5O2/c1-15-13-16(27)7-8-17(15)23-18-9-10-21(35)34(24-19(28)5-4-6-20(24)29)25(18)32-26(31-23)30-14-22(36)33-11-2-3-12-33/h4-10,13H,2-3,11-12,14H2,1H3,(H,30,31,32). The van der Waals surface area contributed by atoms with Crippen molar-refractivity contribution in [2.24, 2.45) is 0 Å². The van der Waals surface area contributed by atoms with Crippen molar-refractivity contribution >= 4 is 22.9 Å². The van der Waals surface area contributed by atoms with Crippen molar-refractivity contribution in [3.63, 3.8) is 0 Å². The highest BCUT2D eigenvalue weighted by Crippen LogP contribution is 2.31. The Morgan fingerprint density at radius 2 is 1.72 bits per heavy atom. The van der Waals surface area contributed by atoms with Gasteiger partial charge in [-0.05, 0) is 61.7 Å². The Morgan fingerprint density at radius 1 is 1.00 bits per heavy atom. The number of halogens is 3. The molecule has 2 aromatic carbocycles. The molecule has 0 spiro atoms. The van der Waals surface area contributed by atoms with Crippen LogP contribution >= 0.6 is 0 Å². The number of aromatic nitrogens is 3. The number of rotatable bonds is 5. The van der Waals surface area contributed by atoms with Crippen LogP contribution in [0.1, 0.15) is 18.4 Å². The zero-order valence-electron chi connectivity index (χ0n) is 19.4. The van der Waals surface area contributed by atoms with Gasteiger partial charge in [-0.3, -0.25) is 14.2 Å². The number of pyridine rings is 1. The van der Waals surface area contributed by atoms with Crippen LogP contribution in [0.25, 0.3) is 28.0 Å². The number of carbonyl (C=O) groups is 1. The summed E-state index contributed by atoms with van der Waals surface area (Å²) in [5.41, 5.74) is 0.0787. The SMILES string of the molecule is Cc1cc(F)ccc1-c1nc(NCC(=O)N2CCCC2)nc2c1ccc(=O)n2-c1c(F)cccc1F. The smallest absolute Gasteiger partial charge is 0.256 e. The highest BCUT2D eigenvalue weighted by molar-refractivity contribution is 5.93. The molecule has 184 valence electrons. The first kappa shape index (κ1) is 23.5. The Kier molecular flexibility index (Phi) is 6.17. The molecule has 1 aliphatic heterocycles. The van der Waals surface area contributed by atoms with E-state index in [1.54, 1.807) is 11.8 Å². The summed E-state index contributed by atoms with van der Waals surface area (Å²) < 4.78 is 44.2. The second-order valence-electron chi connectivity index (χ2n) is 8.61. The predicted molar refractivity (Wildman–Crippen MR) is 129 cm³/mol. The van der Waals surface area contributed by atoms with Gasteiger partial charge in [0, 0.05) is 30.1 Å². The molecule has 4 aromatic rings. The summed E-state index contributed by atoms with van der Waals surface area (Å²) in [4.78, 5) is 36.1. The lowest BCUT2D eigenvalue weighted by atomic mass is 10.0. The molecule has 0 unspecified atom stereocenters. The van der Waals surface area contributed by atoms with E-state index in [9.17, 15) is 22.8 Å². The Bertz CT molecular complexity index is 1530. The highest BCUT2D eigenvalue weighted by atomic mass is 19.1. The maximum Gasteiger partial charge on any atom is 0.256 e. The minimum absolute atomic E-state index is 0.00938. The molecule has 1 saturated heterocycles. The number of aryl methyl sites for hydroxylation is 1. The largest absolute Gasteiger partial charge is 0.345 e. The van der Waals surface area contributed by atoms with Gasteiger partial charge >= 0.3 is 0 Å². The maximum absolute atomic E-state index is 14.8. The molecule has 7 nitrogen and oxygen atoms in total. The number of carbonyl (C=O) groups excluding carboxylic acids is 1. The molecule has 3 heterocycles. The van der Waals surface area contributed by atoms with Crippen LogP contribution in [0.5, 0.6) is 0 Å². The Morgan fingerprint density at radius 3 is 2.42 bits per heavy atom. The minimum Gasteiger partial charge on any atom is -0.345 e. The molecular weight excluding hydrogens is 471 g/mol. The van der Waals surface area contributed by atoms with Gasteiger partial charge in [0.25, 0.3) is 5.56 Å². The van der Waals surface area contributed by atoms with Gasteiger partial charge in [0.1, 0.15) is 23.1 Å². The predicted octanol–water partition coefficient (Wildman–Crippen LogP) is 4.21. The maximum atomic E-state index is 14.8. The van der Waals surface area contributed by atoms with Crippen molar-refractivity contribution in [3.05, 3.63) is 81.9 Å². The third-order valence-corrected chi connectivity index (χ3v) is 6.21. The molecule has 0 saturated carbocycles. The Hall–Kier alpha value is -4.21. The van der Waals surface area contributed by atoms with E-state index < -0.39 is 28.7 Å². The average Bonchev–Trinajstić information content (AvgIpc) is 3.38. The number of hydrogen-bond donors (Lipinski definition) is 1. The molecule has 36 heavy (non-hydrogen) atoms. The van der Waals surface area contributed by atoms with Gasteiger partial charge in [-0.25, -0.2) is 18.2 Å². The van der Waals surface area contributed by atoms with Gasteiger partial charge in [-0.2, -0.15) is 4.98 Å². The van der Waals surface area contributed by atoms with Gasteiger partial charge in [0.2, 0.25) is 11.9 Å². The summed E-state index contributed by atoms with van der Waals surface area (Å²) in [5, 5.41) is 3.21. The van der Waals surface area contributed by atoms with Crippen LogP contribution < -0.4 is 10.9 Å². The zero-order valence-corrected chi connectivity index (χ0v) is 19.4. The molecule has 1 amide bonds. The molecular formula is C26H22F3N5O2. The molecule has 1 aliphatic rings. The van der Waals surface area contributed by atoms with E-state index in [-0.39, 0.29) is 24.0 Å². The number of anilines is 1. The van der Waals surface area contributed by atoms with E-state index in [0.29, 0.717) is 35.3 Å². The third kappa shape index (κ3) is 4.30. The number of nitrogens with one attached hydrogen (secondary N) is 1. The van der Waals surface area contributed by atoms with E-state index in [1.807, 2.05) is 0 Å². The highest BCUT2D eigenvalue weighted by Gasteiger charge is 2.22. The van der Waals surface area contributed by atoms with E-state index in [2.05, 4.69) is 15.3 Å².